The van der Waals surface area contributed by atoms with Crippen LogP contribution in [0.15, 0.2) is 61.2 Å². The van der Waals surface area contributed by atoms with E-state index >= 15 is 0 Å². The van der Waals surface area contributed by atoms with Crippen LogP contribution in [0, 0.1) is 0 Å². The minimum Gasteiger partial charge on any atom is -0.335 e. The number of pyridine rings is 1. The molecule has 33 heavy (non-hydrogen) atoms. The summed E-state index contributed by atoms with van der Waals surface area (Å²) < 4.78 is 40.6. The summed E-state index contributed by atoms with van der Waals surface area (Å²) in [6.45, 7) is -1.40. The van der Waals surface area contributed by atoms with Gasteiger partial charge in [-0.1, -0.05) is 18.2 Å². The maximum absolute atomic E-state index is 12.3. The first kappa shape index (κ1) is 23.9. The van der Waals surface area contributed by atoms with Gasteiger partial charge in [-0.15, -0.1) is 12.4 Å². The number of urea groups is 1. The zero-order valence-electron chi connectivity index (χ0n) is 17.4. The van der Waals surface area contributed by atoms with Crippen molar-refractivity contribution in [2.45, 2.75) is 6.18 Å². The minimum absolute atomic E-state index is 0. The lowest BCUT2D eigenvalue weighted by atomic mass is 10.1. The number of nitrogens with one attached hydrogen (secondary N) is 2. The highest BCUT2D eigenvalue weighted by atomic mass is 35.5. The molecule has 0 aliphatic rings. The van der Waals surface area contributed by atoms with Crippen molar-refractivity contribution in [3.05, 3.63) is 72.6 Å². The SMILES string of the molecule is Cl.Cn1ccnc1/C=C/c1ccn2c(-c3cccc(NC(=O)NCC(F)(F)F)c3)cnc2c1. The van der Waals surface area contributed by atoms with Gasteiger partial charge in [0, 0.05) is 36.9 Å². The lowest BCUT2D eigenvalue weighted by Crippen LogP contribution is -2.36. The lowest BCUT2D eigenvalue weighted by Gasteiger charge is -2.10. The van der Waals surface area contributed by atoms with Gasteiger partial charge in [0.25, 0.3) is 0 Å². The molecule has 4 aromatic rings. The van der Waals surface area contributed by atoms with Crippen LogP contribution in [0.4, 0.5) is 23.7 Å². The third-order valence-corrected chi connectivity index (χ3v) is 4.69. The van der Waals surface area contributed by atoms with Crippen LogP contribution < -0.4 is 10.6 Å². The molecule has 7 nitrogen and oxygen atoms in total. The molecule has 3 aromatic heterocycles. The molecule has 0 spiro atoms. The van der Waals surface area contributed by atoms with E-state index in [1.54, 1.807) is 35.9 Å². The standard InChI is InChI=1S/C22H19F3N6O.ClH/c1-30-10-8-26-19(30)6-5-15-7-9-31-18(13-27-20(31)11-15)16-3-2-4-17(12-16)29-21(32)28-14-22(23,24)25;/h2-13H,14H2,1H3,(H2,28,29,32);1H/b6-5+;. The molecule has 0 bridgehead atoms. The van der Waals surface area contributed by atoms with Gasteiger partial charge in [-0.05, 0) is 35.9 Å². The highest BCUT2D eigenvalue weighted by molar-refractivity contribution is 5.90. The summed E-state index contributed by atoms with van der Waals surface area (Å²) in [6.07, 6.45) is 6.56. The third kappa shape index (κ3) is 5.92. The van der Waals surface area contributed by atoms with E-state index in [1.165, 1.54) is 0 Å². The molecule has 0 radical (unpaired) electrons. The van der Waals surface area contributed by atoms with Crippen molar-refractivity contribution >= 4 is 41.9 Å². The fraction of sp³-hybridized carbons (Fsp3) is 0.136. The zero-order valence-corrected chi connectivity index (χ0v) is 18.2. The summed E-state index contributed by atoms with van der Waals surface area (Å²) in [6, 6.07) is 9.74. The lowest BCUT2D eigenvalue weighted by molar-refractivity contribution is -0.122. The molecule has 172 valence electrons. The van der Waals surface area contributed by atoms with Gasteiger partial charge < -0.3 is 15.2 Å². The number of aromatic nitrogens is 4. The van der Waals surface area contributed by atoms with E-state index in [-0.39, 0.29) is 12.4 Å². The average molecular weight is 477 g/mol. The Kier molecular flexibility index (Phi) is 7.07. The number of anilines is 1. The Balaban J connectivity index is 0.00000306. The molecule has 0 atom stereocenters. The van der Waals surface area contributed by atoms with Crippen LogP contribution in [-0.4, -0.2) is 37.7 Å². The predicted molar refractivity (Wildman–Crippen MR) is 123 cm³/mol. The maximum Gasteiger partial charge on any atom is 0.405 e. The van der Waals surface area contributed by atoms with E-state index in [4.69, 9.17) is 0 Å². The monoisotopic (exact) mass is 476 g/mol. The zero-order chi connectivity index (χ0) is 22.7. The molecule has 2 amide bonds. The number of nitrogens with zero attached hydrogens (tertiary/aromatic N) is 4. The van der Waals surface area contributed by atoms with Crippen molar-refractivity contribution < 1.29 is 18.0 Å². The third-order valence-electron chi connectivity index (χ3n) is 4.69. The van der Waals surface area contributed by atoms with Crippen LogP contribution in [0.3, 0.4) is 0 Å². The first-order valence-electron chi connectivity index (χ1n) is 9.63. The Hall–Kier alpha value is -3.79. The smallest absolute Gasteiger partial charge is 0.335 e. The second kappa shape index (κ2) is 9.78. The van der Waals surface area contributed by atoms with Crippen LogP contribution >= 0.6 is 12.4 Å². The van der Waals surface area contributed by atoms with Gasteiger partial charge in [0.1, 0.15) is 18.0 Å². The highest BCUT2D eigenvalue weighted by Gasteiger charge is 2.27. The topological polar surface area (TPSA) is 76.2 Å². The maximum atomic E-state index is 12.3. The molecular formula is C22H20ClF3N6O. The molecule has 0 aliphatic carbocycles. The summed E-state index contributed by atoms with van der Waals surface area (Å²) in [5.41, 5.74) is 3.57. The molecule has 1 aromatic carbocycles. The van der Waals surface area contributed by atoms with Gasteiger partial charge >= 0.3 is 12.2 Å². The largest absolute Gasteiger partial charge is 0.405 e. The van der Waals surface area contributed by atoms with Crippen molar-refractivity contribution in [1.29, 1.82) is 0 Å². The van der Waals surface area contributed by atoms with Crippen molar-refractivity contribution in [3.63, 3.8) is 0 Å². The second-order valence-electron chi connectivity index (χ2n) is 7.07. The van der Waals surface area contributed by atoms with Crippen LogP contribution in [-0.2, 0) is 7.05 Å². The molecule has 0 saturated carbocycles. The number of fused-ring (bicyclic) bond motifs is 1. The van der Waals surface area contributed by atoms with Crippen LogP contribution in [0.25, 0.3) is 29.1 Å². The molecule has 0 fully saturated rings. The summed E-state index contributed by atoms with van der Waals surface area (Å²) >= 11 is 0. The number of alkyl halides is 3. The number of amides is 2. The van der Waals surface area contributed by atoms with E-state index < -0.39 is 18.8 Å². The number of benzene rings is 1. The number of carbonyl (C=O) groups is 1. The molecule has 4 rings (SSSR count). The van der Waals surface area contributed by atoms with E-state index in [0.29, 0.717) is 5.69 Å². The van der Waals surface area contributed by atoms with Crippen LogP contribution in [0.5, 0.6) is 0 Å². The quantitative estimate of drug-likeness (QED) is 0.425. The van der Waals surface area contributed by atoms with Gasteiger partial charge in [-0.25, -0.2) is 14.8 Å². The van der Waals surface area contributed by atoms with Crippen LogP contribution in [0.1, 0.15) is 11.4 Å². The summed E-state index contributed by atoms with van der Waals surface area (Å²) in [5, 5.41) is 4.19. The minimum atomic E-state index is -4.47. The van der Waals surface area contributed by atoms with Gasteiger partial charge in [-0.3, -0.25) is 4.40 Å². The van der Waals surface area contributed by atoms with Gasteiger partial charge in [0.15, 0.2) is 0 Å². The molecule has 2 N–H and O–H groups in total. The molecule has 11 heteroatoms. The Morgan fingerprint density at radius 1 is 1.12 bits per heavy atom. The highest BCUT2D eigenvalue weighted by Crippen LogP contribution is 2.24. The van der Waals surface area contributed by atoms with Crippen molar-refractivity contribution in [2.75, 3.05) is 11.9 Å². The van der Waals surface area contributed by atoms with Gasteiger partial charge in [0.2, 0.25) is 0 Å². The Bertz CT molecular complexity index is 1290. The number of hydrogen-bond acceptors (Lipinski definition) is 3. The van der Waals surface area contributed by atoms with E-state index in [9.17, 15) is 18.0 Å². The number of carbonyl (C=O) groups excluding carboxylic acids is 1. The molecule has 0 aliphatic heterocycles. The van der Waals surface area contributed by atoms with Crippen molar-refractivity contribution in [3.8, 4) is 11.3 Å². The second-order valence-corrected chi connectivity index (χ2v) is 7.07. The van der Waals surface area contributed by atoms with Crippen LogP contribution in [0.2, 0.25) is 0 Å². The Morgan fingerprint density at radius 3 is 2.67 bits per heavy atom. The van der Waals surface area contributed by atoms with E-state index in [1.807, 2.05) is 58.8 Å². The van der Waals surface area contributed by atoms with E-state index in [2.05, 4.69) is 15.3 Å². The first-order valence-corrected chi connectivity index (χ1v) is 9.63. The summed E-state index contributed by atoms with van der Waals surface area (Å²) in [7, 11) is 1.92. The summed E-state index contributed by atoms with van der Waals surface area (Å²) in [5.74, 6) is 0.831. The average Bonchev–Trinajstić information content (AvgIpc) is 3.36. The number of rotatable bonds is 5. The van der Waals surface area contributed by atoms with Crippen molar-refractivity contribution in [2.24, 2.45) is 7.05 Å². The number of hydrogen-bond donors (Lipinski definition) is 2. The molecular weight excluding hydrogens is 457 g/mol. The molecule has 0 unspecified atom stereocenters. The molecule has 0 saturated heterocycles. The Morgan fingerprint density at radius 2 is 1.94 bits per heavy atom. The normalized spacial score (nSPS) is 11.5. The van der Waals surface area contributed by atoms with Gasteiger partial charge in [0.05, 0.1) is 11.9 Å². The first-order chi connectivity index (χ1) is 15.3. The fourth-order valence-electron chi connectivity index (χ4n) is 3.13. The Labute approximate surface area is 193 Å². The summed E-state index contributed by atoms with van der Waals surface area (Å²) in [4.78, 5) is 20.4. The van der Waals surface area contributed by atoms with E-state index in [0.717, 1.165) is 28.3 Å². The number of halogens is 4. The van der Waals surface area contributed by atoms with Crippen molar-refractivity contribution in [1.82, 2.24) is 24.3 Å². The predicted octanol–water partition coefficient (Wildman–Crippen LogP) is 5.01. The fourth-order valence-corrected chi connectivity index (χ4v) is 3.13. The van der Waals surface area contributed by atoms with Gasteiger partial charge in [-0.2, -0.15) is 13.2 Å². The number of aryl methyl sites for hydroxylation is 1. The number of imidazole rings is 2. The molecule has 3 heterocycles.